The van der Waals surface area contributed by atoms with E-state index in [-0.39, 0.29) is 24.6 Å². The number of carbonyl (C=O) groups is 1. The Morgan fingerprint density at radius 1 is 0.861 bits per heavy atom. The second-order valence-electron chi connectivity index (χ2n) is 8.38. The van der Waals surface area contributed by atoms with Crippen LogP contribution in [0.1, 0.15) is 18.1 Å². The van der Waals surface area contributed by atoms with Gasteiger partial charge in [-0.2, -0.15) is 0 Å². The monoisotopic (exact) mass is 487 g/mol. The normalized spacial score (nSPS) is 10.9. The van der Waals surface area contributed by atoms with E-state index in [4.69, 9.17) is 9.47 Å². The second-order valence-corrected chi connectivity index (χ2v) is 8.38. The molecule has 0 radical (unpaired) electrons. The van der Waals surface area contributed by atoms with Gasteiger partial charge >= 0.3 is 5.69 Å². The number of anilines is 1. The van der Waals surface area contributed by atoms with Crippen LogP contribution in [0.15, 0.2) is 76.3 Å². The van der Waals surface area contributed by atoms with E-state index in [9.17, 15) is 14.4 Å². The number of aryl methyl sites for hydroxylation is 2. The molecule has 1 heterocycles. The summed E-state index contributed by atoms with van der Waals surface area (Å²) in [6.45, 7) is 1.97. The molecule has 0 saturated heterocycles. The standard InChI is InChI=1S/C28H29N3O5/c1-4-19-8-7-9-21(16-19)29-26(32)18-31-23-11-6-5-10-22(23)27(33)30(28(31)34)15-14-20-12-13-24(35-2)25(17-20)36-3/h5-13,16-17H,4,14-15,18H2,1-3H3,(H,29,32). The van der Waals surface area contributed by atoms with E-state index in [0.717, 1.165) is 17.5 Å². The van der Waals surface area contributed by atoms with Crippen molar-refractivity contribution < 1.29 is 14.3 Å². The van der Waals surface area contributed by atoms with Crippen LogP contribution in [-0.2, 0) is 30.7 Å². The molecule has 0 aliphatic rings. The maximum atomic E-state index is 13.4. The highest BCUT2D eigenvalue weighted by molar-refractivity contribution is 5.91. The molecule has 4 aromatic rings. The van der Waals surface area contributed by atoms with Crippen molar-refractivity contribution in [2.45, 2.75) is 32.9 Å². The Bertz CT molecular complexity index is 1520. The average Bonchev–Trinajstić information content (AvgIpc) is 2.90. The zero-order valence-corrected chi connectivity index (χ0v) is 20.6. The van der Waals surface area contributed by atoms with E-state index in [1.807, 2.05) is 43.3 Å². The summed E-state index contributed by atoms with van der Waals surface area (Å²) in [5.41, 5.74) is 2.15. The molecule has 8 nitrogen and oxygen atoms in total. The molecular weight excluding hydrogens is 458 g/mol. The molecule has 0 bridgehead atoms. The molecule has 0 spiro atoms. The van der Waals surface area contributed by atoms with Crippen LogP contribution in [0.3, 0.4) is 0 Å². The van der Waals surface area contributed by atoms with Gasteiger partial charge in [-0.25, -0.2) is 4.79 Å². The van der Waals surface area contributed by atoms with Crippen LogP contribution in [0.5, 0.6) is 11.5 Å². The number of para-hydroxylation sites is 1. The molecule has 0 atom stereocenters. The zero-order valence-electron chi connectivity index (χ0n) is 20.6. The van der Waals surface area contributed by atoms with Gasteiger partial charge in [-0.3, -0.25) is 18.7 Å². The number of nitrogens with zero attached hydrogens (tertiary/aromatic N) is 2. The molecule has 8 heteroatoms. The fourth-order valence-electron chi connectivity index (χ4n) is 4.21. The number of hydrogen-bond acceptors (Lipinski definition) is 5. The summed E-state index contributed by atoms with van der Waals surface area (Å²) in [4.78, 5) is 39.5. The summed E-state index contributed by atoms with van der Waals surface area (Å²) < 4.78 is 13.2. The first-order valence-electron chi connectivity index (χ1n) is 11.8. The third-order valence-electron chi connectivity index (χ3n) is 6.12. The number of fused-ring (bicyclic) bond motifs is 1. The highest BCUT2D eigenvalue weighted by Gasteiger charge is 2.16. The average molecular weight is 488 g/mol. The van der Waals surface area contributed by atoms with Crippen molar-refractivity contribution in [3.05, 3.63) is 98.7 Å². The van der Waals surface area contributed by atoms with E-state index in [2.05, 4.69) is 5.32 Å². The predicted molar refractivity (Wildman–Crippen MR) is 140 cm³/mol. The number of hydrogen-bond donors (Lipinski definition) is 1. The van der Waals surface area contributed by atoms with Crippen LogP contribution in [0, 0.1) is 0 Å². The number of benzene rings is 3. The minimum absolute atomic E-state index is 0.151. The van der Waals surface area contributed by atoms with Gasteiger partial charge in [-0.05, 0) is 60.4 Å². The molecule has 4 rings (SSSR count). The summed E-state index contributed by atoms with van der Waals surface area (Å²) in [7, 11) is 3.11. The Balaban J connectivity index is 1.65. The summed E-state index contributed by atoms with van der Waals surface area (Å²) >= 11 is 0. The van der Waals surface area contributed by atoms with Crippen molar-refractivity contribution in [2.75, 3.05) is 19.5 Å². The Kier molecular flexibility index (Phi) is 7.53. The van der Waals surface area contributed by atoms with Crippen LogP contribution in [-0.4, -0.2) is 29.3 Å². The van der Waals surface area contributed by atoms with E-state index >= 15 is 0 Å². The quantitative estimate of drug-likeness (QED) is 0.389. The van der Waals surface area contributed by atoms with Crippen LogP contribution in [0.25, 0.3) is 10.9 Å². The lowest BCUT2D eigenvalue weighted by atomic mass is 10.1. The molecular formula is C28H29N3O5. The highest BCUT2D eigenvalue weighted by atomic mass is 16.5. The number of rotatable bonds is 9. The minimum Gasteiger partial charge on any atom is -0.493 e. The van der Waals surface area contributed by atoms with Crippen LogP contribution < -0.4 is 26.0 Å². The molecule has 0 unspecified atom stereocenters. The first kappa shape index (κ1) is 24.8. The lowest BCUT2D eigenvalue weighted by Crippen LogP contribution is -2.42. The molecule has 0 fully saturated rings. The van der Waals surface area contributed by atoms with Crippen molar-refractivity contribution in [2.24, 2.45) is 0 Å². The lowest BCUT2D eigenvalue weighted by Gasteiger charge is -2.15. The fourth-order valence-corrected chi connectivity index (χ4v) is 4.21. The SMILES string of the molecule is CCc1cccc(NC(=O)Cn2c(=O)n(CCc3ccc(OC)c(OC)c3)c(=O)c3ccccc32)c1. The van der Waals surface area contributed by atoms with Crippen molar-refractivity contribution in [3.8, 4) is 11.5 Å². The Morgan fingerprint density at radius 3 is 2.39 bits per heavy atom. The summed E-state index contributed by atoms with van der Waals surface area (Å²) in [6.07, 6.45) is 1.27. The highest BCUT2D eigenvalue weighted by Crippen LogP contribution is 2.27. The molecule has 0 saturated carbocycles. The van der Waals surface area contributed by atoms with Gasteiger partial charge in [0.05, 0.1) is 25.1 Å². The molecule has 0 aliphatic heterocycles. The number of ether oxygens (including phenoxy) is 2. The lowest BCUT2D eigenvalue weighted by molar-refractivity contribution is -0.116. The fraction of sp³-hybridized carbons (Fsp3) is 0.250. The largest absolute Gasteiger partial charge is 0.493 e. The maximum absolute atomic E-state index is 13.4. The van der Waals surface area contributed by atoms with Crippen molar-refractivity contribution >= 4 is 22.5 Å². The van der Waals surface area contributed by atoms with Crippen molar-refractivity contribution in [1.82, 2.24) is 9.13 Å². The van der Waals surface area contributed by atoms with E-state index < -0.39 is 5.69 Å². The van der Waals surface area contributed by atoms with Gasteiger partial charge in [0.2, 0.25) is 5.91 Å². The molecule has 3 aromatic carbocycles. The Labute approximate surface area is 208 Å². The van der Waals surface area contributed by atoms with Crippen molar-refractivity contribution in [3.63, 3.8) is 0 Å². The van der Waals surface area contributed by atoms with E-state index in [1.165, 1.54) is 9.13 Å². The zero-order chi connectivity index (χ0) is 25.7. The first-order chi connectivity index (χ1) is 17.4. The Morgan fingerprint density at radius 2 is 1.64 bits per heavy atom. The Hall–Kier alpha value is -4.33. The smallest absolute Gasteiger partial charge is 0.331 e. The van der Waals surface area contributed by atoms with Gasteiger partial charge in [0.15, 0.2) is 11.5 Å². The van der Waals surface area contributed by atoms with Crippen LogP contribution in [0.2, 0.25) is 0 Å². The van der Waals surface area contributed by atoms with Gasteiger partial charge in [0, 0.05) is 12.2 Å². The summed E-state index contributed by atoms with van der Waals surface area (Å²) in [5, 5.41) is 3.24. The van der Waals surface area contributed by atoms with Gasteiger partial charge in [-0.15, -0.1) is 0 Å². The van der Waals surface area contributed by atoms with E-state index in [0.29, 0.717) is 34.5 Å². The molecule has 186 valence electrons. The van der Waals surface area contributed by atoms with Crippen LogP contribution in [0.4, 0.5) is 5.69 Å². The third kappa shape index (κ3) is 5.17. The molecule has 1 N–H and O–H groups in total. The second kappa shape index (κ2) is 10.9. The number of nitrogens with one attached hydrogen (secondary N) is 1. The topological polar surface area (TPSA) is 91.6 Å². The van der Waals surface area contributed by atoms with Gasteiger partial charge in [-0.1, -0.05) is 37.3 Å². The summed E-state index contributed by atoms with van der Waals surface area (Å²) in [6, 6.07) is 19.9. The van der Waals surface area contributed by atoms with Gasteiger partial charge < -0.3 is 14.8 Å². The number of aromatic nitrogens is 2. The predicted octanol–water partition coefficient (Wildman–Crippen LogP) is 3.62. The summed E-state index contributed by atoms with van der Waals surface area (Å²) in [5.74, 6) is 0.824. The van der Waals surface area contributed by atoms with Gasteiger partial charge in [0.25, 0.3) is 5.56 Å². The van der Waals surface area contributed by atoms with Gasteiger partial charge in [0.1, 0.15) is 6.54 Å². The number of carbonyl (C=O) groups excluding carboxylic acids is 1. The maximum Gasteiger partial charge on any atom is 0.331 e. The molecule has 0 aliphatic carbocycles. The molecule has 1 amide bonds. The van der Waals surface area contributed by atoms with Crippen molar-refractivity contribution in [1.29, 1.82) is 0 Å². The molecule has 1 aromatic heterocycles. The van der Waals surface area contributed by atoms with Crippen LogP contribution >= 0.6 is 0 Å². The first-order valence-corrected chi connectivity index (χ1v) is 11.8. The van der Waals surface area contributed by atoms with E-state index in [1.54, 1.807) is 44.6 Å². The number of methoxy groups -OCH3 is 2. The third-order valence-corrected chi connectivity index (χ3v) is 6.12. The minimum atomic E-state index is -0.531. The molecule has 36 heavy (non-hydrogen) atoms. The number of amides is 1.